The van der Waals surface area contributed by atoms with Crippen molar-refractivity contribution in [3.05, 3.63) is 45.6 Å². The molecule has 0 aliphatic carbocycles. The fraction of sp³-hybridized carbons (Fsp3) is 0.600. The Bertz CT molecular complexity index is 985. The SMILES string of the molecule is CC.CCCCCC(C)C(C)c1sc(C(=O)O)cc1N(CC(=O)N1CCOCC1)Cc1ccc(OC)cc1. The highest BCUT2D eigenvalue weighted by Crippen LogP contribution is 2.41. The van der Waals surface area contributed by atoms with E-state index in [-0.39, 0.29) is 18.4 Å². The molecule has 3 rings (SSSR count). The monoisotopic (exact) mass is 546 g/mol. The number of hydrogen-bond donors (Lipinski definition) is 1. The zero-order valence-electron chi connectivity index (χ0n) is 24.0. The van der Waals surface area contributed by atoms with Crippen molar-refractivity contribution < 1.29 is 24.2 Å². The first kappa shape index (κ1) is 31.6. The van der Waals surface area contributed by atoms with E-state index >= 15 is 0 Å². The predicted octanol–water partition coefficient (Wildman–Crippen LogP) is 6.67. The van der Waals surface area contributed by atoms with Gasteiger partial charge < -0.3 is 24.4 Å². The number of carbonyl (C=O) groups excluding carboxylic acids is 1. The minimum absolute atomic E-state index is 0.0319. The highest BCUT2D eigenvalue weighted by molar-refractivity contribution is 7.14. The van der Waals surface area contributed by atoms with E-state index in [4.69, 9.17) is 9.47 Å². The summed E-state index contributed by atoms with van der Waals surface area (Å²) in [6.07, 6.45) is 4.64. The Morgan fingerprint density at radius 3 is 2.37 bits per heavy atom. The van der Waals surface area contributed by atoms with E-state index < -0.39 is 5.97 Å². The largest absolute Gasteiger partial charge is 0.497 e. The molecule has 8 heteroatoms. The topological polar surface area (TPSA) is 79.3 Å². The van der Waals surface area contributed by atoms with Crippen LogP contribution in [0.3, 0.4) is 0 Å². The number of rotatable bonds is 13. The van der Waals surface area contributed by atoms with Gasteiger partial charge in [-0.25, -0.2) is 4.79 Å². The molecule has 0 spiro atoms. The standard InChI is InChI=1S/C28H40N2O5S.C2H6/c1-5-6-7-8-20(2)21(3)27-24(17-25(36-27)28(32)33)30(18-22-9-11-23(34-4)12-10-22)19-26(31)29-13-15-35-16-14-29;1-2/h9-12,17,20-21H,5-8,13-16,18-19H2,1-4H3,(H,32,33);1-2H3. The number of amides is 1. The number of aromatic carboxylic acids is 1. The van der Waals surface area contributed by atoms with Gasteiger partial charge in [-0.15, -0.1) is 11.3 Å². The smallest absolute Gasteiger partial charge is 0.345 e. The molecule has 2 unspecified atom stereocenters. The molecule has 1 amide bonds. The van der Waals surface area contributed by atoms with E-state index in [9.17, 15) is 14.7 Å². The fourth-order valence-electron chi connectivity index (χ4n) is 4.55. The molecule has 0 saturated carbocycles. The molecule has 2 atom stereocenters. The van der Waals surface area contributed by atoms with Gasteiger partial charge in [-0.05, 0) is 35.6 Å². The number of carboxylic acids is 1. The maximum absolute atomic E-state index is 13.3. The van der Waals surface area contributed by atoms with Crippen LogP contribution in [0, 0.1) is 5.92 Å². The van der Waals surface area contributed by atoms with E-state index in [1.165, 1.54) is 30.6 Å². The molecule has 1 aromatic heterocycles. The lowest BCUT2D eigenvalue weighted by Crippen LogP contribution is -2.45. The molecule has 0 radical (unpaired) electrons. The molecule has 1 aromatic carbocycles. The van der Waals surface area contributed by atoms with Gasteiger partial charge in [0.2, 0.25) is 5.91 Å². The van der Waals surface area contributed by atoms with Crippen molar-refractivity contribution in [1.29, 1.82) is 0 Å². The Morgan fingerprint density at radius 2 is 1.79 bits per heavy atom. The maximum Gasteiger partial charge on any atom is 0.345 e. The van der Waals surface area contributed by atoms with Crippen LogP contribution in [-0.2, 0) is 16.1 Å². The van der Waals surface area contributed by atoms with Crippen LogP contribution in [0.4, 0.5) is 5.69 Å². The van der Waals surface area contributed by atoms with Crippen LogP contribution < -0.4 is 9.64 Å². The van der Waals surface area contributed by atoms with Crippen LogP contribution in [0.15, 0.2) is 30.3 Å². The van der Waals surface area contributed by atoms with Gasteiger partial charge in [-0.1, -0.05) is 72.4 Å². The van der Waals surface area contributed by atoms with Crippen LogP contribution in [0.5, 0.6) is 5.75 Å². The summed E-state index contributed by atoms with van der Waals surface area (Å²) in [7, 11) is 1.64. The molecule has 2 aromatic rings. The molecule has 1 N–H and O–H groups in total. The lowest BCUT2D eigenvalue weighted by molar-refractivity contribution is -0.133. The van der Waals surface area contributed by atoms with Crippen molar-refractivity contribution in [2.75, 3.05) is 44.9 Å². The number of methoxy groups -OCH3 is 1. The summed E-state index contributed by atoms with van der Waals surface area (Å²) in [6, 6.07) is 9.56. The Hall–Kier alpha value is -2.58. The summed E-state index contributed by atoms with van der Waals surface area (Å²) in [4.78, 5) is 30.5. The molecule has 7 nitrogen and oxygen atoms in total. The van der Waals surface area contributed by atoms with Gasteiger partial charge in [-0.3, -0.25) is 4.79 Å². The summed E-state index contributed by atoms with van der Waals surface area (Å²) in [5.74, 6) is 0.473. The number of morpholine rings is 1. The molecule has 2 heterocycles. The molecule has 212 valence electrons. The van der Waals surface area contributed by atoms with Gasteiger partial charge >= 0.3 is 5.97 Å². The third-order valence-electron chi connectivity index (χ3n) is 7.04. The minimum atomic E-state index is -0.928. The van der Waals surface area contributed by atoms with E-state index in [0.29, 0.717) is 43.6 Å². The van der Waals surface area contributed by atoms with Crippen molar-refractivity contribution in [3.8, 4) is 5.75 Å². The highest BCUT2D eigenvalue weighted by atomic mass is 32.1. The number of anilines is 1. The summed E-state index contributed by atoms with van der Waals surface area (Å²) < 4.78 is 10.7. The lowest BCUT2D eigenvalue weighted by atomic mass is 9.89. The average Bonchev–Trinajstić information content (AvgIpc) is 3.40. The summed E-state index contributed by atoms with van der Waals surface area (Å²) in [5, 5.41) is 9.82. The minimum Gasteiger partial charge on any atom is -0.497 e. The van der Waals surface area contributed by atoms with Gasteiger partial charge in [0.25, 0.3) is 0 Å². The number of nitrogens with zero attached hydrogens (tertiary/aromatic N) is 2. The fourth-order valence-corrected chi connectivity index (χ4v) is 5.76. The second-order valence-electron chi connectivity index (χ2n) is 9.62. The Morgan fingerprint density at radius 1 is 1.13 bits per heavy atom. The van der Waals surface area contributed by atoms with Crippen molar-refractivity contribution in [2.24, 2.45) is 5.92 Å². The van der Waals surface area contributed by atoms with Gasteiger partial charge in [0.15, 0.2) is 0 Å². The van der Waals surface area contributed by atoms with E-state index in [0.717, 1.165) is 28.3 Å². The van der Waals surface area contributed by atoms with Crippen LogP contribution in [-0.4, -0.2) is 61.8 Å². The number of ether oxygens (including phenoxy) is 2. The number of thiophene rings is 1. The predicted molar refractivity (Wildman–Crippen MR) is 156 cm³/mol. The molecule has 0 bridgehead atoms. The van der Waals surface area contributed by atoms with Gasteiger partial charge in [0, 0.05) is 24.5 Å². The summed E-state index contributed by atoms with van der Waals surface area (Å²) >= 11 is 1.34. The van der Waals surface area contributed by atoms with E-state index in [1.807, 2.05) is 47.9 Å². The first-order valence-electron chi connectivity index (χ1n) is 13.9. The van der Waals surface area contributed by atoms with Crippen LogP contribution in [0.1, 0.15) is 86.3 Å². The summed E-state index contributed by atoms with van der Waals surface area (Å²) in [6.45, 7) is 13.6. The van der Waals surface area contributed by atoms with Crippen molar-refractivity contribution in [2.45, 2.75) is 72.8 Å². The zero-order valence-corrected chi connectivity index (χ0v) is 24.8. The number of carbonyl (C=O) groups is 2. The number of hydrogen-bond acceptors (Lipinski definition) is 6. The highest BCUT2D eigenvalue weighted by Gasteiger charge is 2.28. The quantitative estimate of drug-likeness (QED) is 0.283. The van der Waals surface area contributed by atoms with Crippen LogP contribution in [0.25, 0.3) is 0 Å². The molecule has 38 heavy (non-hydrogen) atoms. The molecular formula is C30H46N2O5S. The number of benzene rings is 1. The van der Waals surface area contributed by atoms with Gasteiger partial charge in [0.05, 0.1) is 32.6 Å². The molecule has 1 aliphatic heterocycles. The van der Waals surface area contributed by atoms with Gasteiger partial charge in [-0.2, -0.15) is 0 Å². The third kappa shape index (κ3) is 9.02. The zero-order chi connectivity index (χ0) is 28.1. The second kappa shape index (κ2) is 16.4. The van der Waals surface area contributed by atoms with Crippen molar-refractivity contribution >= 4 is 28.9 Å². The lowest BCUT2D eigenvalue weighted by Gasteiger charge is -2.32. The first-order valence-corrected chi connectivity index (χ1v) is 14.8. The molecular weight excluding hydrogens is 500 g/mol. The van der Waals surface area contributed by atoms with E-state index in [1.54, 1.807) is 13.2 Å². The van der Waals surface area contributed by atoms with Crippen molar-refractivity contribution in [3.63, 3.8) is 0 Å². The molecule has 1 saturated heterocycles. The molecule has 1 aliphatic rings. The van der Waals surface area contributed by atoms with Crippen LogP contribution >= 0.6 is 11.3 Å². The second-order valence-corrected chi connectivity index (χ2v) is 10.7. The first-order chi connectivity index (χ1) is 18.3. The van der Waals surface area contributed by atoms with Gasteiger partial charge in [0.1, 0.15) is 10.6 Å². The number of carboxylic acid groups (broad SMARTS) is 1. The molecule has 1 fully saturated rings. The third-order valence-corrected chi connectivity index (χ3v) is 8.36. The Balaban J connectivity index is 0.00000247. The normalized spacial score (nSPS) is 14.7. The Kier molecular flexibility index (Phi) is 13.7. The van der Waals surface area contributed by atoms with E-state index in [2.05, 4.69) is 20.8 Å². The summed E-state index contributed by atoms with van der Waals surface area (Å²) in [5.41, 5.74) is 1.88. The maximum atomic E-state index is 13.3. The van der Waals surface area contributed by atoms with Crippen molar-refractivity contribution in [1.82, 2.24) is 4.90 Å². The number of unbranched alkanes of at least 4 members (excludes halogenated alkanes) is 2. The Labute approximate surface area is 232 Å². The average molecular weight is 547 g/mol. The van der Waals surface area contributed by atoms with Crippen LogP contribution in [0.2, 0.25) is 0 Å².